The maximum Gasteiger partial charge on any atom is 0.277 e. The number of aromatic amines is 2. The van der Waals surface area contributed by atoms with Crippen LogP contribution in [-0.2, 0) is 0 Å². The zero-order valence-electron chi connectivity index (χ0n) is 16.3. The molecule has 0 radical (unpaired) electrons. The minimum atomic E-state index is -0.739. The standard InChI is InChI=1S/2C10H4BrF2N3O/c2*11-4-1-2-6-8(7(4)13)15-10(17)9-5(12)3-14-16(6)9/h2*1-3H,(H,15,17). The number of halogens is 6. The van der Waals surface area contributed by atoms with Gasteiger partial charge in [-0.1, -0.05) is 0 Å². The van der Waals surface area contributed by atoms with Gasteiger partial charge in [-0.15, -0.1) is 0 Å². The molecule has 0 bridgehead atoms. The number of H-pyrrole nitrogens is 2. The van der Waals surface area contributed by atoms with E-state index in [9.17, 15) is 27.2 Å². The fourth-order valence-corrected chi connectivity index (χ4v) is 4.11. The lowest BCUT2D eigenvalue weighted by atomic mass is 10.3. The van der Waals surface area contributed by atoms with Crippen molar-refractivity contribution in [2.45, 2.75) is 0 Å². The number of benzene rings is 2. The Labute approximate surface area is 201 Å². The molecule has 172 valence electrons. The lowest BCUT2D eigenvalue weighted by molar-refractivity contribution is 0.628. The highest BCUT2D eigenvalue weighted by atomic mass is 79.9. The quantitative estimate of drug-likeness (QED) is 0.252. The van der Waals surface area contributed by atoms with Crippen LogP contribution in [0.3, 0.4) is 0 Å². The van der Waals surface area contributed by atoms with Crippen molar-refractivity contribution in [3.63, 3.8) is 0 Å². The van der Waals surface area contributed by atoms with Crippen LogP contribution in [0.5, 0.6) is 0 Å². The maximum atomic E-state index is 13.8. The number of nitrogens with zero attached hydrogens (tertiary/aromatic N) is 4. The summed E-state index contributed by atoms with van der Waals surface area (Å²) in [6, 6.07) is 6.01. The molecule has 14 heteroatoms. The number of rotatable bonds is 0. The Morgan fingerprint density at radius 2 is 1.06 bits per heavy atom. The Bertz CT molecular complexity index is 1750. The van der Waals surface area contributed by atoms with Crippen LogP contribution in [0.25, 0.3) is 33.1 Å². The summed E-state index contributed by atoms with van der Waals surface area (Å²) >= 11 is 6.02. The monoisotopic (exact) mass is 598 g/mol. The van der Waals surface area contributed by atoms with Crippen molar-refractivity contribution in [2.75, 3.05) is 0 Å². The third-order valence-corrected chi connectivity index (χ3v) is 6.18. The molecule has 6 aromatic rings. The Kier molecular flexibility index (Phi) is 5.28. The summed E-state index contributed by atoms with van der Waals surface area (Å²) < 4.78 is 56.7. The van der Waals surface area contributed by atoms with Crippen LogP contribution in [-0.4, -0.2) is 29.2 Å². The zero-order valence-corrected chi connectivity index (χ0v) is 19.5. The molecule has 0 unspecified atom stereocenters. The second-order valence-electron chi connectivity index (χ2n) is 6.93. The van der Waals surface area contributed by atoms with Crippen LogP contribution in [0.15, 0.2) is 55.2 Å². The molecule has 0 atom stereocenters. The fraction of sp³-hybridized carbons (Fsp3) is 0. The largest absolute Gasteiger partial charge is 0.316 e. The molecular weight excluding hydrogens is 592 g/mol. The molecule has 0 aliphatic heterocycles. The highest BCUT2D eigenvalue weighted by Crippen LogP contribution is 2.24. The van der Waals surface area contributed by atoms with E-state index in [4.69, 9.17) is 0 Å². The molecule has 0 aliphatic rings. The lowest BCUT2D eigenvalue weighted by Gasteiger charge is -2.03. The number of hydrogen-bond donors (Lipinski definition) is 2. The minimum absolute atomic E-state index is 0.0139. The SMILES string of the molecule is O=c1[nH]c2c(F)c(Br)ccc2n2ncc(F)c12.O=c1[nH]c2c(F)c(Br)ccc2n2ncc(F)c12. The van der Waals surface area contributed by atoms with Crippen LogP contribution in [0.1, 0.15) is 0 Å². The van der Waals surface area contributed by atoms with Gasteiger partial charge < -0.3 is 9.97 Å². The van der Waals surface area contributed by atoms with Crippen LogP contribution in [0.2, 0.25) is 0 Å². The summed E-state index contributed by atoms with van der Waals surface area (Å²) in [5.41, 5.74) is -1.32. The predicted molar refractivity (Wildman–Crippen MR) is 122 cm³/mol. The number of aromatic nitrogens is 6. The normalized spacial score (nSPS) is 11.5. The van der Waals surface area contributed by atoms with Gasteiger partial charge in [0.1, 0.15) is 11.0 Å². The second kappa shape index (κ2) is 8.06. The number of nitrogens with one attached hydrogen (secondary N) is 2. The number of fused-ring (bicyclic) bond motifs is 6. The third kappa shape index (κ3) is 3.32. The van der Waals surface area contributed by atoms with Crippen LogP contribution < -0.4 is 11.1 Å². The molecule has 2 aromatic carbocycles. The van der Waals surface area contributed by atoms with Crippen molar-refractivity contribution in [2.24, 2.45) is 0 Å². The van der Waals surface area contributed by atoms with Crippen molar-refractivity contribution < 1.29 is 17.6 Å². The van der Waals surface area contributed by atoms with Gasteiger partial charge in [0.15, 0.2) is 34.3 Å². The Morgan fingerprint density at radius 3 is 1.44 bits per heavy atom. The molecule has 0 spiro atoms. The lowest BCUT2D eigenvalue weighted by Crippen LogP contribution is -2.12. The fourth-order valence-electron chi connectivity index (χ4n) is 3.45. The molecule has 8 nitrogen and oxygen atoms in total. The van der Waals surface area contributed by atoms with Gasteiger partial charge in [0.2, 0.25) is 0 Å². The molecule has 0 saturated heterocycles. The predicted octanol–water partition coefficient (Wildman–Crippen LogP) is 4.43. The molecule has 2 N–H and O–H groups in total. The van der Waals surface area contributed by atoms with E-state index in [1.165, 1.54) is 24.3 Å². The molecule has 0 fully saturated rings. The summed E-state index contributed by atoms with van der Waals surface area (Å²) in [5, 5.41) is 7.44. The first-order chi connectivity index (χ1) is 16.2. The van der Waals surface area contributed by atoms with Gasteiger partial charge in [-0.05, 0) is 56.1 Å². The van der Waals surface area contributed by atoms with Crippen molar-refractivity contribution in [1.29, 1.82) is 0 Å². The van der Waals surface area contributed by atoms with Crippen LogP contribution in [0.4, 0.5) is 17.6 Å². The van der Waals surface area contributed by atoms with Gasteiger partial charge in [0.05, 0.1) is 32.4 Å². The summed E-state index contributed by atoms with van der Waals surface area (Å²) in [5.74, 6) is -2.71. The Hall–Kier alpha value is -3.52. The maximum absolute atomic E-state index is 13.8. The van der Waals surface area contributed by atoms with Gasteiger partial charge in [0, 0.05) is 0 Å². The van der Waals surface area contributed by atoms with E-state index >= 15 is 0 Å². The molecule has 34 heavy (non-hydrogen) atoms. The van der Waals surface area contributed by atoms with E-state index in [-0.39, 0.29) is 31.0 Å². The third-order valence-electron chi connectivity index (χ3n) is 4.96. The van der Waals surface area contributed by atoms with Crippen molar-refractivity contribution in [1.82, 2.24) is 29.2 Å². The van der Waals surface area contributed by atoms with Gasteiger partial charge in [-0.25, -0.2) is 26.6 Å². The van der Waals surface area contributed by atoms with E-state index in [1.54, 1.807) is 0 Å². The molecule has 0 saturated carbocycles. The molecular formula is C20H8Br2F4N6O2. The molecule has 4 aromatic heterocycles. The highest BCUT2D eigenvalue weighted by molar-refractivity contribution is 9.10. The first-order valence-electron chi connectivity index (χ1n) is 9.25. The summed E-state index contributed by atoms with van der Waals surface area (Å²) in [4.78, 5) is 27.8. The van der Waals surface area contributed by atoms with Crippen LogP contribution >= 0.6 is 31.9 Å². The second-order valence-corrected chi connectivity index (χ2v) is 8.63. The zero-order chi connectivity index (χ0) is 24.3. The molecule has 6 rings (SSSR count). The van der Waals surface area contributed by atoms with Gasteiger partial charge in [-0.2, -0.15) is 10.2 Å². The van der Waals surface area contributed by atoms with Gasteiger partial charge in [0.25, 0.3) is 11.1 Å². The van der Waals surface area contributed by atoms with Gasteiger partial charge >= 0.3 is 0 Å². The van der Waals surface area contributed by atoms with E-state index in [1.807, 2.05) is 0 Å². The van der Waals surface area contributed by atoms with E-state index in [2.05, 4.69) is 52.0 Å². The molecule has 0 aliphatic carbocycles. The minimum Gasteiger partial charge on any atom is -0.316 e. The number of hydrogen-bond acceptors (Lipinski definition) is 4. The Balaban J connectivity index is 0.000000142. The van der Waals surface area contributed by atoms with E-state index in [0.717, 1.165) is 21.4 Å². The van der Waals surface area contributed by atoms with Gasteiger partial charge in [-0.3, -0.25) is 9.59 Å². The first kappa shape index (κ1) is 22.3. The average molecular weight is 600 g/mol. The topological polar surface area (TPSA) is 100 Å². The van der Waals surface area contributed by atoms with E-state index in [0.29, 0.717) is 11.0 Å². The molecule has 0 amide bonds. The Morgan fingerprint density at radius 1 is 0.676 bits per heavy atom. The first-order valence-corrected chi connectivity index (χ1v) is 10.8. The van der Waals surface area contributed by atoms with E-state index < -0.39 is 34.4 Å². The molecule has 4 heterocycles. The summed E-state index contributed by atoms with van der Waals surface area (Å²) in [7, 11) is 0. The smallest absolute Gasteiger partial charge is 0.277 e. The van der Waals surface area contributed by atoms with Crippen molar-refractivity contribution in [3.05, 3.63) is 89.6 Å². The summed E-state index contributed by atoms with van der Waals surface area (Å²) in [6.45, 7) is 0. The summed E-state index contributed by atoms with van der Waals surface area (Å²) in [6.07, 6.45) is 1.84. The average Bonchev–Trinajstić information content (AvgIpc) is 3.39. The van der Waals surface area contributed by atoms with Crippen molar-refractivity contribution in [3.8, 4) is 0 Å². The highest BCUT2D eigenvalue weighted by Gasteiger charge is 2.16. The van der Waals surface area contributed by atoms with Crippen LogP contribution in [0, 0.1) is 23.3 Å². The van der Waals surface area contributed by atoms with Crippen molar-refractivity contribution >= 4 is 65.0 Å².